The molecule has 0 unspecified atom stereocenters. The molecule has 0 radical (unpaired) electrons. The smallest absolute Gasteiger partial charge is 0.150 e. The molecular weight excluding hydrogens is 238 g/mol. The van der Waals surface area contributed by atoms with Gasteiger partial charge in [-0.15, -0.1) is 0 Å². The molecule has 2 aromatic heterocycles. The summed E-state index contributed by atoms with van der Waals surface area (Å²) in [7, 11) is 0. The number of hydrogen-bond acceptors (Lipinski definition) is 5. The maximum atomic E-state index is 8.71. The molecule has 5 nitrogen and oxygen atoms in total. The van der Waals surface area contributed by atoms with Gasteiger partial charge in [0.05, 0.1) is 22.5 Å². The number of anilines is 2. The van der Waals surface area contributed by atoms with Gasteiger partial charge in [0.25, 0.3) is 0 Å². The van der Waals surface area contributed by atoms with E-state index in [0.717, 1.165) is 23.5 Å². The molecule has 0 aromatic carbocycles. The Morgan fingerprint density at radius 1 is 1.00 bits per heavy atom. The molecule has 0 bridgehead atoms. The second-order valence-corrected chi connectivity index (χ2v) is 4.18. The number of rotatable bonds is 2. The molecule has 2 aromatic rings. The van der Waals surface area contributed by atoms with Crippen molar-refractivity contribution in [3.63, 3.8) is 0 Å². The minimum absolute atomic E-state index is 0.532. The van der Waals surface area contributed by atoms with E-state index in [2.05, 4.69) is 32.4 Å². The van der Waals surface area contributed by atoms with Crippen LogP contribution in [0.3, 0.4) is 0 Å². The normalized spacial score (nSPS) is 12.6. The van der Waals surface area contributed by atoms with E-state index in [0.29, 0.717) is 17.2 Å². The predicted octanol–water partition coefficient (Wildman–Crippen LogP) is 0.842. The Balaban J connectivity index is 1.89. The van der Waals surface area contributed by atoms with E-state index in [1.807, 2.05) is 6.07 Å². The summed E-state index contributed by atoms with van der Waals surface area (Å²) in [6.07, 6.45) is 9.40. The van der Waals surface area contributed by atoms with Crippen LogP contribution in [0, 0.1) is 11.3 Å². The highest BCUT2D eigenvalue weighted by atomic mass is 15.1. The third kappa shape index (κ3) is 2.43. The summed E-state index contributed by atoms with van der Waals surface area (Å²) in [5.74, 6) is 1.30. The van der Waals surface area contributed by atoms with E-state index in [-0.39, 0.29) is 0 Å². The molecule has 92 valence electrons. The number of fused-ring (bicyclic) bond motifs is 1. The van der Waals surface area contributed by atoms with Crippen LogP contribution in [0.2, 0.25) is 0 Å². The Morgan fingerprint density at radius 3 is 2.58 bits per heavy atom. The number of aromatic nitrogens is 3. The summed E-state index contributed by atoms with van der Waals surface area (Å²) in [4.78, 5) is 13.0. The van der Waals surface area contributed by atoms with Crippen molar-refractivity contribution in [1.29, 1.82) is 5.26 Å². The third-order valence-electron chi connectivity index (χ3n) is 2.82. The van der Waals surface area contributed by atoms with Crippen molar-refractivity contribution in [2.45, 2.75) is 12.8 Å². The minimum Gasteiger partial charge on any atom is -0.324 e. The van der Waals surface area contributed by atoms with E-state index in [4.69, 9.17) is 5.26 Å². The molecule has 0 aliphatic heterocycles. The second kappa shape index (κ2) is 4.86. The zero-order valence-corrected chi connectivity index (χ0v) is 10.2. The van der Waals surface area contributed by atoms with Gasteiger partial charge < -0.3 is 5.32 Å². The second-order valence-electron chi connectivity index (χ2n) is 4.18. The molecule has 0 spiro atoms. The average Bonchev–Trinajstić information content (AvgIpc) is 2.48. The minimum atomic E-state index is 0.532. The van der Waals surface area contributed by atoms with Gasteiger partial charge in [-0.1, -0.05) is 12.2 Å². The van der Waals surface area contributed by atoms with Crippen molar-refractivity contribution < 1.29 is 0 Å². The van der Waals surface area contributed by atoms with Crippen LogP contribution in [0.5, 0.6) is 0 Å². The fourth-order valence-electron chi connectivity index (χ4n) is 1.89. The van der Waals surface area contributed by atoms with Crippen LogP contribution in [0.15, 0.2) is 24.5 Å². The number of nitrogens with one attached hydrogen (secondary N) is 1. The van der Waals surface area contributed by atoms with Gasteiger partial charge in [0.15, 0.2) is 5.82 Å². The van der Waals surface area contributed by atoms with Gasteiger partial charge in [-0.25, -0.2) is 9.97 Å². The first-order chi connectivity index (χ1) is 9.35. The SMILES string of the molecule is N#Cc1ccc(Nc2cnc3c(n2)=CCCC=3)nc1. The third-order valence-corrected chi connectivity index (χ3v) is 2.82. The predicted molar refractivity (Wildman–Crippen MR) is 71.7 cm³/mol. The van der Waals surface area contributed by atoms with Crippen LogP contribution in [0.1, 0.15) is 18.4 Å². The van der Waals surface area contributed by atoms with Gasteiger partial charge in [0.2, 0.25) is 0 Å². The first-order valence-corrected chi connectivity index (χ1v) is 6.02. The van der Waals surface area contributed by atoms with Crippen LogP contribution >= 0.6 is 0 Å². The molecular formula is C14H11N5. The first-order valence-electron chi connectivity index (χ1n) is 6.02. The summed E-state index contributed by atoms with van der Waals surface area (Å²) in [5.41, 5.74) is 0.532. The van der Waals surface area contributed by atoms with E-state index >= 15 is 0 Å². The lowest BCUT2D eigenvalue weighted by Crippen LogP contribution is -2.33. The summed E-state index contributed by atoms with van der Waals surface area (Å²) < 4.78 is 0. The van der Waals surface area contributed by atoms with Crippen molar-refractivity contribution in [3.05, 3.63) is 40.8 Å². The standard InChI is InChI=1S/C14H11N5/c15-7-10-5-6-13(17-8-10)19-14-9-16-11-3-1-2-4-12(11)18-14/h3-6,8-9H,1-2H2,(H,17,18,19). The van der Waals surface area contributed by atoms with Gasteiger partial charge in [0.1, 0.15) is 11.9 Å². The quantitative estimate of drug-likeness (QED) is 0.853. The molecule has 2 heterocycles. The van der Waals surface area contributed by atoms with E-state index < -0.39 is 0 Å². The van der Waals surface area contributed by atoms with Crippen molar-refractivity contribution in [2.24, 2.45) is 0 Å². The van der Waals surface area contributed by atoms with Gasteiger partial charge >= 0.3 is 0 Å². The van der Waals surface area contributed by atoms with E-state index in [1.54, 1.807) is 18.3 Å². The lowest BCUT2D eigenvalue weighted by atomic mass is 10.2. The molecule has 5 heteroatoms. The molecule has 0 atom stereocenters. The molecule has 19 heavy (non-hydrogen) atoms. The molecule has 3 rings (SSSR count). The number of pyridine rings is 1. The maximum absolute atomic E-state index is 8.71. The van der Waals surface area contributed by atoms with E-state index in [9.17, 15) is 0 Å². The van der Waals surface area contributed by atoms with Crippen LogP contribution < -0.4 is 16.0 Å². The number of nitrogens with zero attached hydrogens (tertiary/aromatic N) is 4. The molecule has 0 saturated carbocycles. The molecule has 0 amide bonds. The Morgan fingerprint density at radius 2 is 1.84 bits per heavy atom. The summed E-state index contributed by atoms with van der Waals surface area (Å²) in [5, 5.41) is 13.6. The molecule has 1 aliphatic carbocycles. The van der Waals surface area contributed by atoms with Crippen molar-refractivity contribution in [1.82, 2.24) is 15.0 Å². The van der Waals surface area contributed by atoms with Gasteiger partial charge in [0, 0.05) is 6.20 Å². The molecule has 1 N–H and O–H groups in total. The van der Waals surface area contributed by atoms with Crippen LogP contribution in [0.4, 0.5) is 11.6 Å². The van der Waals surface area contributed by atoms with E-state index in [1.165, 1.54) is 6.20 Å². The number of nitriles is 1. The summed E-state index contributed by atoms with van der Waals surface area (Å²) in [6.45, 7) is 0. The molecule has 0 fully saturated rings. The largest absolute Gasteiger partial charge is 0.324 e. The highest BCUT2D eigenvalue weighted by Gasteiger charge is 2.01. The average molecular weight is 249 g/mol. The van der Waals surface area contributed by atoms with Crippen LogP contribution in [0.25, 0.3) is 12.2 Å². The van der Waals surface area contributed by atoms with Gasteiger partial charge in [-0.3, -0.25) is 4.98 Å². The lowest BCUT2D eigenvalue weighted by Gasteiger charge is -2.05. The van der Waals surface area contributed by atoms with Gasteiger partial charge in [-0.05, 0) is 25.0 Å². The monoisotopic (exact) mass is 249 g/mol. The van der Waals surface area contributed by atoms with Gasteiger partial charge in [-0.2, -0.15) is 5.26 Å². The Hall–Kier alpha value is -2.74. The number of hydrogen-bond donors (Lipinski definition) is 1. The molecule has 0 saturated heterocycles. The van der Waals surface area contributed by atoms with Crippen molar-refractivity contribution in [2.75, 3.05) is 5.32 Å². The first kappa shape index (κ1) is 11.4. The highest BCUT2D eigenvalue weighted by Crippen LogP contribution is 2.09. The lowest BCUT2D eigenvalue weighted by molar-refractivity contribution is 1.02. The Labute approximate surface area is 110 Å². The van der Waals surface area contributed by atoms with Crippen molar-refractivity contribution in [3.8, 4) is 6.07 Å². The fourth-order valence-corrected chi connectivity index (χ4v) is 1.89. The van der Waals surface area contributed by atoms with Crippen molar-refractivity contribution >= 4 is 23.8 Å². The Bertz CT molecular complexity index is 756. The zero-order chi connectivity index (χ0) is 13.1. The van der Waals surface area contributed by atoms with Crippen LogP contribution in [-0.4, -0.2) is 15.0 Å². The Kier molecular flexibility index (Phi) is 2.91. The maximum Gasteiger partial charge on any atom is 0.150 e. The van der Waals surface area contributed by atoms with Crippen LogP contribution in [-0.2, 0) is 0 Å². The summed E-state index contributed by atoms with van der Waals surface area (Å²) >= 11 is 0. The topological polar surface area (TPSA) is 74.5 Å². The zero-order valence-electron chi connectivity index (χ0n) is 10.2. The summed E-state index contributed by atoms with van der Waals surface area (Å²) in [6, 6.07) is 5.49. The fraction of sp³-hybridized carbons (Fsp3) is 0.143. The highest BCUT2D eigenvalue weighted by molar-refractivity contribution is 5.51. The molecule has 1 aliphatic rings.